The number of methoxy groups -OCH3 is 2. The molecule has 5 amide bonds. The molecule has 15 heteroatoms. The number of fused-ring (bicyclic) bond motifs is 1. The lowest BCUT2D eigenvalue weighted by Crippen LogP contribution is -2.58. The molecule has 4 N–H and O–H groups in total. The predicted octanol–water partition coefficient (Wildman–Crippen LogP) is 5.34. The summed E-state index contributed by atoms with van der Waals surface area (Å²) in [5.74, 6) is -2.41. The summed E-state index contributed by atoms with van der Waals surface area (Å²) in [5, 5.41) is 13.2. The second kappa shape index (κ2) is 24.2. The molecule has 4 rings (SSSR count). The molecule has 1 saturated heterocycles. The highest BCUT2D eigenvalue weighted by Crippen LogP contribution is 2.30. The van der Waals surface area contributed by atoms with Gasteiger partial charge >= 0.3 is 0 Å². The number of para-hydroxylation sites is 1. The number of ether oxygens (including phenoxy) is 2. The van der Waals surface area contributed by atoms with Gasteiger partial charge in [-0.15, -0.1) is 0 Å². The minimum absolute atomic E-state index is 0.00662. The first-order chi connectivity index (χ1) is 30.4. The lowest BCUT2D eigenvalue weighted by atomic mass is 9.89. The van der Waals surface area contributed by atoms with Gasteiger partial charge in [0.25, 0.3) is 0 Å². The maximum Gasteiger partial charge on any atom is 0.247 e. The molecule has 64 heavy (non-hydrogen) atoms. The fourth-order valence-electron chi connectivity index (χ4n) is 8.73. The van der Waals surface area contributed by atoms with E-state index in [-0.39, 0.29) is 60.9 Å². The number of likely N-dealkylation sites (tertiary alicyclic amines) is 1. The minimum atomic E-state index is -0.944. The highest BCUT2D eigenvalue weighted by molar-refractivity contribution is 5.99. The van der Waals surface area contributed by atoms with Gasteiger partial charge < -0.3 is 45.4 Å². The van der Waals surface area contributed by atoms with Crippen LogP contribution in [0.1, 0.15) is 79.7 Å². The van der Waals surface area contributed by atoms with Crippen LogP contribution in [0.25, 0.3) is 10.9 Å². The van der Waals surface area contributed by atoms with E-state index in [2.05, 4.69) is 40.1 Å². The Bertz CT molecular complexity index is 2010. The van der Waals surface area contributed by atoms with Gasteiger partial charge in [0.1, 0.15) is 12.1 Å². The van der Waals surface area contributed by atoms with Crippen molar-refractivity contribution in [3.63, 3.8) is 0 Å². The van der Waals surface area contributed by atoms with Crippen LogP contribution in [-0.2, 0) is 39.9 Å². The molecule has 0 radical (unpaired) electrons. The fourth-order valence-corrected chi connectivity index (χ4v) is 8.73. The Kier molecular flexibility index (Phi) is 19.5. The largest absolute Gasteiger partial charge is 0.383 e. The number of carbonyl (C=O) groups is 5. The summed E-state index contributed by atoms with van der Waals surface area (Å²) in [6.45, 7) is 14.4. The van der Waals surface area contributed by atoms with E-state index in [4.69, 9.17) is 9.47 Å². The number of hydrogen-bond donors (Lipinski definition) is 4. The zero-order valence-corrected chi connectivity index (χ0v) is 40.1. The summed E-state index contributed by atoms with van der Waals surface area (Å²) in [6, 6.07) is 14.9. The molecule has 0 aliphatic carbocycles. The van der Waals surface area contributed by atoms with Gasteiger partial charge in [-0.2, -0.15) is 0 Å². The molecule has 15 nitrogen and oxygen atoms in total. The van der Waals surface area contributed by atoms with Crippen LogP contribution >= 0.6 is 0 Å². The van der Waals surface area contributed by atoms with Crippen LogP contribution in [0, 0.1) is 17.8 Å². The van der Waals surface area contributed by atoms with E-state index in [1.165, 1.54) is 0 Å². The van der Waals surface area contributed by atoms with Crippen molar-refractivity contribution in [1.82, 2.24) is 30.3 Å². The van der Waals surface area contributed by atoms with Crippen molar-refractivity contribution < 1.29 is 33.4 Å². The summed E-state index contributed by atoms with van der Waals surface area (Å²) < 4.78 is 12.1. The SMILES string of the molecule is CC[C@H](C)[C@@H]([C@@H](CC(=O)N1CCCC1[C@H](OC)[C@@H](C)C(=O)N[C@@H](Cc1ccc(NC(C)C)cc1)C(=O)Nc1cnc2ccccc2c1)OC)N(C)C(=O)[C@@H](NC(=O)CN(C)C)C(C)C. The number of rotatable bonds is 23. The van der Waals surface area contributed by atoms with E-state index in [9.17, 15) is 24.0 Å². The molecule has 2 heterocycles. The van der Waals surface area contributed by atoms with Gasteiger partial charge in [-0.05, 0) is 82.4 Å². The monoisotopic (exact) mass is 887 g/mol. The van der Waals surface area contributed by atoms with Gasteiger partial charge in [0.05, 0.1) is 60.6 Å². The molecule has 3 aromatic rings. The molecule has 2 aromatic carbocycles. The zero-order chi connectivity index (χ0) is 47.2. The number of hydrogen-bond acceptors (Lipinski definition) is 10. The number of anilines is 2. The number of pyridine rings is 1. The average Bonchev–Trinajstić information content (AvgIpc) is 3.74. The van der Waals surface area contributed by atoms with Gasteiger partial charge in [0.2, 0.25) is 29.5 Å². The van der Waals surface area contributed by atoms with Gasteiger partial charge in [-0.3, -0.25) is 29.0 Å². The van der Waals surface area contributed by atoms with Crippen molar-refractivity contribution >= 4 is 51.8 Å². The van der Waals surface area contributed by atoms with Crippen molar-refractivity contribution in [2.45, 2.75) is 123 Å². The molecule has 1 aliphatic heterocycles. The second-order valence-corrected chi connectivity index (χ2v) is 18.3. The number of benzene rings is 2. The number of amides is 5. The van der Waals surface area contributed by atoms with E-state index in [1.54, 1.807) is 63.2 Å². The van der Waals surface area contributed by atoms with Gasteiger partial charge in [-0.1, -0.05) is 71.4 Å². The highest BCUT2D eigenvalue weighted by atomic mass is 16.5. The molecular weight excluding hydrogens is 813 g/mol. The van der Waals surface area contributed by atoms with Crippen LogP contribution in [0.4, 0.5) is 11.4 Å². The van der Waals surface area contributed by atoms with Gasteiger partial charge in [0, 0.05) is 51.3 Å². The Morgan fingerprint density at radius 1 is 0.875 bits per heavy atom. The summed E-state index contributed by atoms with van der Waals surface area (Å²) in [7, 11) is 8.40. The second-order valence-electron chi connectivity index (χ2n) is 18.3. The molecule has 0 spiro atoms. The number of likely N-dealkylation sites (N-methyl/N-ethyl adjacent to an activating group) is 2. The maximum atomic E-state index is 14.4. The molecule has 1 fully saturated rings. The minimum Gasteiger partial charge on any atom is -0.383 e. The van der Waals surface area contributed by atoms with Gasteiger partial charge in [-0.25, -0.2) is 0 Å². The Morgan fingerprint density at radius 3 is 2.17 bits per heavy atom. The number of nitrogens with zero attached hydrogens (tertiary/aromatic N) is 4. The van der Waals surface area contributed by atoms with E-state index < -0.39 is 48.2 Å². The first kappa shape index (κ1) is 51.5. The summed E-state index contributed by atoms with van der Waals surface area (Å²) in [4.78, 5) is 79.3. The molecular formula is C49H74N8O7. The van der Waals surface area contributed by atoms with Crippen LogP contribution in [0.5, 0.6) is 0 Å². The maximum absolute atomic E-state index is 14.4. The third-order valence-electron chi connectivity index (χ3n) is 12.3. The average molecular weight is 887 g/mol. The quantitative estimate of drug-likeness (QED) is 0.0974. The molecule has 1 aromatic heterocycles. The third-order valence-corrected chi connectivity index (χ3v) is 12.3. The molecule has 1 unspecified atom stereocenters. The van der Waals surface area contributed by atoms with Crippen LogP contribution in [0.2, 0.25) is 0 Å². The van der Waals surface area contributed by atoms with Crippen molar-refractivity contribution in [2.24, 2.45) is 17.8 Å². The molecule has 0 saturated carbocycles. The molecule has 8 atom stereocenters. The molecule has 352 valence electrons. The number of nitrogens with one attached hydrogen (secondary N) is 4. The zero-order valence-electron chi connectivity index (χ0n) is 40.1. The fraction of sp³-hybridized carbons (Fsp3) is 0.592. The van der Waals surface area contributed by atoms with Crippen molar-refractivity contribution in [1.29, 1.82) is 0 Å². The first-order valence-electron chi connectivity index (χ1n) is 22.8. The standard InChI is InChI=1S/C49H74N8O7/c1-13-32(6)45(56(10)49(62)44(30(2)3)54-42(58)29-55(8)9)41(63-11)27-43(59)57-24-16-19-40(57)46(64-12)33(7)47(60)53-39(25-34-20-22-36(23-21-34)51-31(4)5)48(61)52-37-26-35-17-14-15-18-38(35)50-28-37/h14-15,17-18,20-23,26,28,30-33,39-41,44-46,51H,13,16,19,24-25,27,29H2,1-12H3,(H,52,61)(H,53,60)(H,54,58)/t32-,33+,39-,40?,41+,44-,45-,46+/m0/s1. The normalized spacial score (nSPS) is 17.4. The third kappa shape index (κ3) is 13.9. The molecule has 0 bridgehead atoms. The van der Waals surface area contributed by atoms with E-state index in [0.29, 0.717) is 25.1 Å². The summed E-state index contributed by atoms with van der Waals surface area (Å²) in [6.07, 6.45) is 2.53. The Hall–Kier alpha value is -5.12. The first-order valence-corrected chi connectivity index (χ1v) is 22.8. The predicted molar refractivity (Wildman–Crippen MR) is 253 cm³/mol. The Morgan fingerprint density at radius 2 is 1.56 bits per heavy atom. The summed E-state index contributed by atoms with van der Waals surface area (Å²) >= 11 is 0. The van der Waals surface area contributed by atoms with E-state index in [1.807, 2.05) is 82.3 Å². The Labute approximate surface area is 380 Å². The molecule has 1 aliphatic rings. The number of aromatic nitrogens is 1. The van der Waals surface area contributed by atoms with Gasteiger partial charge in [0.15, 0.2) is 0 Å². The lowest BCUT2D eigenvalue weighted by Gasteiger charge is -2.41. The van der Waals surface area contributed by atoms with Crippen molar-refractivity contribution in [3.05, 3.63) is 66.4 Å². The smallest absolute Gasteiger partial charge is 0.247 e. The van der Waals surface area contributed by atoms with Crippen LogP contribution < -0.4 is 21.3 Å². The van der Waals surface area contributed by atoms with E-state index >= 15 is 0 Å². The van der Waals surface area contributed by atoms with E-state index in [0.717, 1.165) is 28.6 Å². The topological polar surface area (TPSA) is 175 Å². The van der Waals surface area contributed by atoms with Crippen LogP contribution in [0.15, 0.2) is 60.8 Å². The highest BCUT2D eigenvalue weighted by Gasteiger charge is 2.43. The lowest BCUT2D eigenvalue weighted by molar-refractivity contribution is -0.147. The van der Waals surface area contributed by atoms with Crippen molar-refractivity contribution in [2.75, 3.05) is 59.1 Å². The number of carbonyl (C=O) groups excluding carboxylic acids is 5. The van der Waals surface area contributed by atoms with Crippen molar-refractivity contribution in [3.8, 4) is 0 Å². The van der Waals surface area contributed by atoms with Crippen LogP contribution in [-0.4, -0.2) is 140 Å². The Balaban J connectivity index is 1.53. The summed E-state index contributed by atoms with van der Waals surface area (Å²) in [5.41, 5.74) is 3.12. The van der Waals surface area contributed by atoms with Crippen LogP contribution in [0.3, 0.4) is 0 Å².